The summed E-state index contributed by atoms with van der Waals surface area (Å²) in [6.45, 7) is 4.06. The van der Waals surface area contributed by atoms with Gasteiger partial charge in [-0.15, -0.1) is 12.6 Å². The molecule has 0 fully saturated rings. The minimum atomic E-state index is 0.794. The minimum Gasteiger partial charge on any atom is -0.456 e. The van der Waals surface area contributed by atoms with Crippen LogP contribution in [0, 0.1) is 0 Å². The van der Waals surface area contributed by atoms with E-state index in [4.69, 9.17) is 4.74 Å². The quantitative estimate of drug-likeness (QED) is 0.574. The first-order valence-corrected chi connectivity index (χ1v) is 3.94. The van der Waals surface area contributed by atoms with Crippen molar-refractivity contribution in [3.63, 3.8) is 0 Å². The monoisotopic (exact) mass is 156 g/mol. The molecule has 1 heterocycles. The Morgan fingerprint density at radius 2 is 2.40 bits per heavy atom. The van der Waals surface area contributed by atoms with Gasteiger partial charge in [-0.3, -0.25) is 0 Å². The summed E-state index contributed by atoms with van der Waals surface area (Å²) in [6, 6.07) is 0. The van der Waals surface area contributed by atoms with Gasteiger partial charge in [-0.2, -0.15) is 0 Å². The van der Waals surface area contributed by atoms with Gasteiger partial charge in [-0.05, 0) is 31.4 Å². The van der Waals surface area contributed by atoms with Crippen molar-refractivity contribution < 1.29 is 4.74 Å². The summed E-state index contributed by atoms with van der Waals surface area (Å²) < 4.78 is 5.29. The summed E-state index contributed by atoms with van der Waals surface area (Å²) in [7, 11) is 0. The van der Waals surface area contributed by atoms with Gasteiger partial charge in [0.2, 0.25) is 0 Å². The van der Waals surface area contributed by atoms with Crippen molar-refractivity contribution in [1.29, 1.82) is 0 Å². The van der Waals surface area contributed by atoms with Crippen molar-refractivity contribution in [1.82, 2.24) is 0 Å². The molecule has 1 rings (SSSR count). The first-order chi connectivity index (χ1) is 4.74. The number of rotatable bonds is 1. The van der Waals surface area contributed by atoms with Crippen molar-refractivity contribution in [2.24, 2.45) is 0 Å². The molecule has 10 heavy (non-hydrogen) atoms. The van der Waals surface area contributed by atoms with Gasteiger partial charge < -0.3 is 4.74 Å². The molecule has 0 atom stereocenters. The topological polar surface area (TPSA) is 9.23 Å². The maximum absolute atomic E-state index is 5.29. The van der Waals surface area contributed by atoms with Crippen LogP contribution >= 0.6 is 12.6 Å². The summed E-state index contributed by atoms with van der Waals surface area (Å²) >= 11 is 4.21. The van der Waals surface area contributed by atoms with Crippen LogP contribution in [-0.2, 0) is 4.74 Å². The smallest absolute Gasteiger partial charge is 0.156 e. The largest absolute Gasteiger partial charge is 0.456 e. The third-order valence-electron chi connectivity index (χ3n) is 1.62. The van der Waals surface area contributed by atoms with Gasteiger partial charge in [0.15, 0.2) is 5.09 Å². The fourth-order valence-corrected chi connectivity index (χ4v) is 1.31. The first-order valence-electron chi connectivity index (χ1n) is 3.49. The Balaban J connectivity index is 2.68. The lowest BCUT2D eigenvalue weighted by Crippen LogP contribution is -1.96. The fourth-order valence-electron chi connectivity index (χ4n) is 0.916. The molecule has 0 unspecified atom stereocenters. The van der Waals surface area contributed by atoms with Crippen LogP contribution in [0.4, 0.5) is 0 Å². The van der Waals surface area contributed by atoms with Crippen LogP contribution in [0.2, 0.25) is 0 Å². The van der Waals surface area contributed by atoms with Crippen molar-refractivity contribution in [2.75, 3.05) is 0 Å². The Bertz CT molecular complexity index is 191. The molecular formula is C8H12OS. The van der Waals surface area contributed by atoms with Gasteiger partial charge in [0.25, 0.3) is 0 Å². The molecule has 0 N–H and O–H groups in total. The van der Waals surface area contributed by atoms with Crippen molar-refractivity contribution >= 4 is 12.6 Å². The summed E-state index contributed by atoms with van der Waals surface area (Å²) in [5.74, 6) is 0.960. The Hall–Kier alpha value is -0.370. The standard InChI is InChI=1S/C8H12OS/c1-3-7-5-4-6(2)9-8(7)10/h4,10H,3,5H2,1-2H3. The molecule has 0 aromatic rings. The highest BCUT2D eigenvalue weighted by Gasteiger charge is 2.07. The van der Waals surface area contributed by atoms with Gasteiger partial charge in [-0.25, -0.2) is 0 Å². The molecule has 0 spiro atoms. The second kappa shape index (κ2) is 3.15. The molecule has 1 nitrogen and oxygen atoms in total. The molecule has 0 aromatic carbocycles. The van der Waals surface area contributed by atoms with Crippen LogP contribution in [0.5, 0.6) is 0 Å². The second-order valence-electron chi connectivity index (χ2n) is 2.38. The molecule has 0 saturated heterocycles. The number of thiol groups is 1. The average Bonchev–Trinajstić information content (AvgIpc) is 1.88. The van der Waals surface area contributed by atoms with Crippen LogP contribution in [0.15, 0.2) is 22.5 Å². The van der Waals surface area contributed by atoms with Crippen LogP contribution in [0.25, 0.3) is 0 Å². The zero-order valence-corrected chi connectivity index (χ0v) is 7.24. The molecule has 0 saturated carbocycles. The normalized spacial score (nSPS) is 18.5. The highest BCUT2D eigenvalue weighted by atomic mass is 32.1. The zero-order chi connectivity index (χ0) is 7.56. The van der Waals surface area contributed by atoms with Gasteiger partial charge in [-0.1, -0.05) is 6.92 Å². The molecule has 0 aliphatic carbocycles. The molecule has 1 aliphatic rings. The number of ether oxygens (including phenoxy) is 1. The van der Waals surface area contributed by atoms with E-state index < -0.39 is 0 Å². The van der Waals surface area contributed by atoms with Crippen LogP contribution < -0.4 is 0 Å². The summed E-state index contributed by atoms with van der Waals surface area (Å²) in [5, 5.41) is 0.794. The fraction of sp³-hybridized carbons (Fsp3) is 0.500. The average molecular weight is 156 g/mol. The molecule has 1 aliphatic heterocycles. The predicted octanol–water partition coefficient (Wildman–Crippen LogP) is 2.86. The lowest BCUT2D eigenvalue weighted by atomic mass is 10.1. The molecular weight excluding hydrogens is 144 g/mol. The van der Waals surface area contributed by atoms with E-state index in [0.717, 1.165) is 23.7 Å². The van der Waals surface area contributed by atoms with E-state index in [1.165, 1.54) is 5.57 Å². The highest BCUT2D eigenvalue weighted by molar-refractivity contribution is 7.84. The highest BCUT2D eigenvalue weighted by Crippen LogP contribution is 2.25. The van der Waals surface area contributed by atoms with Crippen molar-refractivity contribution in [2.45, 2.75) is 26.7 Å². The molecule has 2 heteroatoms. The Morgan fingerprint density at radius 3 is 2.90 bits per heavy atom. The number of allylic oxidation sites excluding steroid dienone is 3. The summed E-state index contributed by atoms with van der Waals surface area (Å²) in [5.41, 5.74) is 1.29. The number of hydrogen-bond acceptors (Lipinski definition) is 2. The third-order valence-corrected chi connectivity index (χ3v) is 2.03. The molecule has 0 aromatic heterocycles. The Morgan fingerprint density at radius 1 is 1.70 bits per heavy atom. The molecule has 0 radical (unpaired) electrons. The Labute approximate surface area is 67.2 Å². The van der Waals surface area contributed by atoms with Gasteiger partial charge >= 0.3 is 0 Å². The summed E-state index contributed by atoms with van der Waals surface area (Å²) in [4.78, 5) is 0. The van der Waals surface area contributed by atoms with E-state index in [2.05, 4.69) is 25.6 Å². The van der Waals surface area contributed by atoms with Gasteiger partial charge in [0.05, 0.1) is 5.76 Å². The maximum Gasteiger partial charge on any atom is 0.156 e. The second-order valence-corrected chi connectivity index (χ2v) is 2.79. The molecule has 0 bridgehead atoms. The molecule has 56 valence electrons. The summed E-state index contributed by atoms with van der Waals surface area (Å²) in [6.07, 6.45) is 4.11. The minimum absolute atomic E-state index is 0.794. The lowest BCUT2D eigenvalue weighted by Gasteiger charge is -2.14. The lowest BCUT2D eigenvalue weighted by molar-refractivity contribution is 0.325. The predicted molar refractivity (Wildman–Crippen MR) is 45.8 cm³/mol. The zero-order valence-electron chi connectivity index (χ0n) is 6.35. The van der Waals surface area contributed by atoms with Crippen molar-refractivity contribution in [3.8, 4) is 0 Å². The van der Waals surface area contributed by atoms with Crippen LogP contribution in [0.1, 0.15) is 26.7 Å². The Kier molecular flexibility index (Phi) is 2.44. The van der Waals surface area contributed by atoms with E-state index in [1.54, 1.807) is 0 Å². The SMILES string of the molecule is CCC1=C(S)OC(C)=CC1. The van der Waals surface area contributed by atoms with E-state index in [-0.39, 0.29) is 0 Å². The van der Waals surface area contributed by atoms with Gasteiger partial charge in [0, 0.05) is 0 Å². The number of hydrogen-bond donors (Lipinski definition) is 1. The van der Waals surface area contributed by atoms with Gasteiger partial charge in [0.1, 0.15) is 0 Å². The maximum atomic E-state index is 5.29. The van der Waals surface area contributed by atoms with E-state index in [0.29, 0.717) is 0 Å². The van der Waals surface area contributed by atoms with E-state index in [9.17, 15) is 0 Å². The van der Waals surface area contributed by atoms with Crippen LogP contribution in [0.3, 0.4) is 0 Å². The van der Waals surface area contributed by atoms with Crippen molar-refractivity contribution in [3.05, 3.63) is 22.5 Å². The van der Waals surface area contributed by atoms with E-state index in [1.807, 2.05) is 6.92 Å². The van der Waals surface area contributed by atoms with E-state index >= 15 is 0 Å². The first kappa shape index (κ1) is 7.73. The molecule has 0 amide bonds. The van der Waals surface area contributed by atoms with Crippen LogP contribution in [-0.4, -0.2) is 0 Å². The third kappa shape index (κ3) is 1.57.